The number of nitrogens with zero attached hydrogens (tertiary/aromatic N) is 6. The molecule has 6 aromatic carbocycles. The number of nitro groups is 2. The van der Waals surface area contributed by atoms with E-state index in [4.69, 9.17) is 16.2 Å². The monoisotopic (exact) mass is 802 g/mol. The van der Waals surface area contributed by atoms with Gasteiger partial charge in [0.15, 0.2) is 11.4 Å². The van der Waals surface area contributed by atoms with Crippen molar-refractivity contribution in [2.75, 3.05) is 11.5 Å². The molecule has 0 spiro atoms. The van der Waals surface area contributed by atoms with Crippen LogP contribution in [0, 0.1) is 20.2 Å². The first kappa shape index (κ1) is 42.8. The molecule has 4 N–H and O–H groups in total. The number of nitrogen functional groups attached to an aromatic ring is 2. The van der Waals surface area contributed by atoms with Crippen LogP contribution in [0.5, 0.6) is 11.5 Å². The van der Waals surface area contributed by atoms with Crippen LogP contribution < -0.4 is 75.3 Å². The number of ether oxygens (including phenoxy) is 1. The van der Waals surface area contributed by atoms with Crippen molar-refractivity contribution in [3.63, 3.8) is 0 Å². The molecule has 0 aliphatic carbocycles. The van der Waals surface area contributed by atoms with Crippen LogP contribution >= 0.6 is 0 Å². The van der Waals surface area contributed by atoms with Crippen LogP contribution in [0.1, 0.15) is 0 Å². The van der Waals surface area contributed by atoms with E-state index in [1.54, 1.807) is 0 Å². The van der Waals surface area contributed by atoms with Gasteiger partial charge in [-0.15, -0.1) is 20.5 Å². The molecule has 0 bridgehead atoms. The molecule has 0 saturated heterocycles. The number of hydrogen-bond acceptors (Lipinski definition) is 17. The first-order chi connectivity index (χ1) is 25.0. The molecule has 0 atom stereocenters. The Hall–Kier alpha value is -4.94. The third kappa shape index (κ3) is 9.48. The Labute approximate surface area is 354 Å². The van der Waals surface area contributed by atoms with Crippen LogP contribution in [-0.4, -0.2) is 35.8 Å². The van der Waals surface area contributed by atoms with E-state index in [2.05, 4.69) is 20.5 Å². The zero-order valence-corrected chi connectivity index (χ0v) is 34.0. The van der Waals surface area contributed by atoms with Crippen LogP contribution in [0.2, 0.25) is 0 Å². The number of nitrogens with two attached hydrogens (primary N) is 2. The Kier molecular flexibility index (Phi) is 13.1. The molecule has 0 aliphatic heterocycles. The molecule has 23 heteroatoms. The van der Waals surface area contributed by atoms with E-state index in [9.17, 15) is 46.2 Å². The summed E-state index contributed by atoms with van der Waals surface area (Å²) in [5.41, 5.74) is 10.9. The van der Waals surface area contributed by atoms with E-state index in [0.717, 1.165) is 36.4 Å². The Morgan fingerprint density at radius 3 is 1.25 bits per heavy atom. The molecule has 0 amide bonds. The van der Waals surface area contributed by atoms with Gasteiger partial charge < -0.3 is 25.3 Å². The quantitative estimate of drug-likeness (QED) is 0.0495. The molecule has 0 heterocycles. The van der Waals surface area contributed by atoms with Gasteiger partial charge in [0.1, 0.15) is 43.1 Å². The van der Waals surface area contributed by atoms with Crippen molar-refractivity contribution < 1.29 is 99.6 Å². The second kappa shape index (κ2) is 16.8. The van der Waals surface area contributed by atoms with Gasteiger partial charge in [-0.3, -0.25) is 20.2 Å². The Balaban J connectivity index is 0.00000336. The Morgan fingerprint density at radius 2 is 0.909 bits per heavy atom. The molecule has 6 rings (SSSR count). The van der Waals surface area contributed by atoms with Crippen molar-refractivity contribution in [1.29, 1.82) is 0 Å². The normalized spacial score (nSPS) is 11.7. The van der Waals surface area contributed by atoms with Crippen molar-refractivity contribution in [2.24, 2.45) is 20.5 Å². The number of benzene rings is 6. The summed E-state index contributed by atoms with van der Waals surface area (Å²) >= 11 is 0. The summed E-state index contributed by atoms with van der Waals surface area (Å²) in [5, 5.41) is 41.2. The largest absolute Gasteiger partial charge is 1.00 e. The number of rotatable bonds is 10. The van der Waals surface area contributed by atoms with Gasteiger partial charge in [0.25, 0.3) is 11.4 Å². The van der Waals surface area contributed by atoms with Gasteiger partial charge in [-0.05, 0) is 71.4 Å². The molecule has 0 aliphatic rings. The molecule has 55 heavy (non-hydrogen) atoms. The Morgan fingerprint density at radius 1 is 0.527 bits per heavy atom. The molecule has 0 unspecified atom stereocenters. The molecule has 0 aromatic heterocycles. The van der Waals surface area contributed by atoms with E-state index in [-0.39, 0.29) is 105 Å². The number of fused-ring (bicyclic) bond motifs is 2. The van der Waals surface area contributed by atoms with Crippen LogP contribution in [0.4, 0.5) is 45.5 Å². The van der Waals surface area contributed by atoms with Gasteiger partial charge in [0.2, 0.25) is 0 Å². The number of anilines is 2. The van der Waals surface area contributed by atoms with Crippen molar-refractivity contribution in [3.8, 4) is 11.5 Å². The van der Waals surface area contributed by atoms with Crippen LogP contribution in [0.25, 0.3) is 21.5 Å². The van der Waals surface area contributed by atoms with Crippen molar-refractivity contribution >= 4 is 87.3 Å². The molecular formula is C32H20N8Na2O11S2. The predicted molar refractivity (Wildman–Crippen MR) is 187 cm³/mol. The SMILES string of the molecule is Nc1ccc2cc(S(=O)(=O)[O-])ccc2c1N=Nc1ccc(Oc2ccc(N=Nc3c(N)ccc4cc(S(=O)(=O)[O-])ccc34)c([N+](=O)[O-])c2)cc1[N+](=O)[O-].[Na+].[Na+]. The molecule has 0 saturated carbocycles. The third-order valence-corrected chi connectivity index (χ3v) is 9.27. The van der Waals surface area contributed by atoms with Crippen LogP contribution in [0.3, 0.4) is 0 Å². The van der Waals surface area contributed by atoms with E-state index in [0.29, 0.717) is 21.5 Å². The summed E-state index contributed by atoms with van der Waals surface area (Å²) in [7, 11) is -9.48. The van der Waals surface area contributed by atoms with Crippen molar-refractivity contribution in [2.45, 2.75) is 9.79 Å². The van der Waals surface area contributed by atoms with E-state index >= 15 is 0 Å². The Bertz CT molecular complexity index is 2630. The first-order valence-corrected chi connectivity index (χ1v) is 17.5. The number of azo groups is 2. The average molecular weight is 803 g/mol. The zero-order chi connectivity index (χ0) is 38.2. The zero-order valence-electron chi connectivity index (χ0n) is 28.4. The first-order valence-electron chi connectivity index (χ1n) is 14.6. The molecule has 19 nitrogen and oxygen atoms in total. The van der Waals surface area contributed by atoms with Gasteiger partial charge in [0.05, 0.1) is 43.1 Å². The summed E-state index contributed by atoms with van der Waals surface area (Å²) in [6.45, 7) is 0. The molecule has 6 aromatic rings. The fraction of sp³-hybridized carbons (Fsp3) is 0. The molecule has 268 valence electrons. The topological polar surface area (TPSA) is 311 Å². The summed E-state index contributed by atoms with van der Waals surface area (Å²) in [6.07, 6.45) is 0. The minimum Gasteiger partial charge on any atom is -0.744 e. The minimum absolute atomic E-state index is 0. The minimum atomic E-state index is -4.74. The second-order valence-electron chi connectivity index (χ2n) is 11.0. The van der Waals surface area contributed by atoms with Gasteiger partial charge in [-0.25, -0.2) is 16.8 Å². The standard InChI is InChI=1S/C32H22N8O11S2.2Na/c33-25-9-1-17-13-21(52(45,46)47)5-7-23(17)31(25)37-35-27-11-3-19(15-29(27)39(41)42)51-20-4-12-28(30(16-20)40(43)44)36-38-32-24-8-6-22(53(48,49)50)14-18(24)2-10-26(32)34;;/h1-16H,33-34H2,(H,45,46,47)(H,48,49,50);;/q;2*+1/p-2. The van der Waals surface area contributed by atoms with Gasteiger partial charge >= 0.3 is 59.1 Å². The maximum atomic E-state index is 12.0. The fourth-order valence-corrected chi connectivity index (χ4v) is 6.10. The second-order valence-corrected chi connectivity index (χ2v) is 13.8. The molecule has 0 radical (unpaired) electrons. The number of nitro benzene ring substituents is 2. The van der Waals surface area contributed by atoms with Gasteiger partial charge in [-0.2, -0.15) is 0 Å². The maximum absolute atomic E-state index is 12.0. The summed E-state index contributed by atoms with van der Waals surface area (Å²) in [4.78, 5) is 21.5. The van der Waals surface area contributed by atoms with Crippen molar-refractivity contribution in [1.82, 2.24) is 0 Å². The smallest absolute Gasteiger partial charge is 0.744 e. The van der Waals surface area contributed by atoms with Crippen LogP contribution in [0.15, 0.2) is 127 Å². The average Bonchev–Trinajstić information content (AvgIpc) is 3.10. The summed E-state index contributed by atoms with van der Waals surface area (Å²) in [5.74, 6) is -0.198. The molecule has 0 fully saturated rings. The van der Waals surface area contributed by atoms with Crippen LogP contribution in [-0.2, 0) is 20.2 Å². The summed E-state index contributed by atoms with van der Waals surface area (Å²) < 4.78 is 74.3. The predicted octanol–water partition coefficient (Wildman–Crippen LogP) is 1.41. The van der Waals surface area contributed by atoms with Gasteiger partial charge in [-0.1, -0.05) is 24.3 Å². The fourth-order valence-electron chi connectivity index (χ4n) is 5.09. The van der Waals surface area contributed by atoms with Crippen molar-refractivity contribution in [3.05, 3.63) is 117 Å². The third-order valence-electron chi connectivity index (χ3n) is 7.60. The molecular weight excluding hydrogens is 783 g/mol. The summed E-state index contributed by atoms with van der Waals surface area (Å²) in [6, 6.07) is 19.8. The number of hydrogen-bond donors (Lipinski definition) is 2. The van der Waals surface area contributed by atoms with Gasteiger partial charge in [0, 0.05) is 10.8 Å². The maximum Gasteiger partial charge on any atom is 1.00 e. The van der Waals surface area contributed by atoms with E-state index in [1.807, 2.05) is 0 Å². The van der Waals surface area contributed by atoms with E-state index < -0.39 is 51.2 Å². The van der Waals surface area contributed by atoms with E-state index in [1.165, 1.54) is 60.7 Å².